The second-order valence-electron chi connectivity index (χ2n) is 3.77. The van der Waals surface area contributed by atoms with Crippen molar-refractivity contribution in [1.82, 2.24) is 4.90 Å². The van der Waals surface area contributed by atoms with Gasteiger partial charge in [0.05, 0.1) is 13.2 Å². The fourth-order valence-electron chi connectivity index (χ4n) is 1.82. The number of allylic oxidation sites excluding steroid dienone is 3. The molecule has 0 spiro atoms. The van der Waals surface area contributed by atoms with Crippen LogP contribution in [0.4, 0.5) is 13.2 Å². The van der Waals surface area contributed by atoms with E-state index in [-0.39, 0.29) is 0 Å². The first-order chi connectivity index (χ1) is 7.57. The van der Waals surface area contributed by atoms with Gasteiger partial charge in [-0.25, -0.2) is 0 Å². The SMILES string of the molecule is FC(F)(F)C1=CC(N2CCOCC2)=CC[CH]1. The first kappa shape index (κ1) is 11.5. The maximum Gasteiger partial charge on any atom is 0.413 e. The monoisotopic (exact) mass is 232 g/mol. The predicted molar refractivity (Wildman–Crippen MR) is 53.5 cm³/mol. The number of hydrogen-bond donors (Lipinski definition) is 0. The van der Waals surface area contributed by atoms with Crippen molar-refractivity contribution in [1.29, 1.82) is 0 Å². The summed E-state index contributed by atoms with van der Waals surface area (Å²) < 4.78 is 42.7. The molecule has 1 radical (unpaired) electrons. The van der Waals surface area contributed by atoms with E-state index in [0.717, 1.165) is 0 Å². The average Bonchev–Trinajstić information content (AvgIpc) is 2.29. The van der Waals surface area contributed by atoms with Crippen molar-refractivity contribution in [2.24, 2.45) is 0 Å². The van der Waals surface area contributed by atoms with E-state index in [1.54, 1.807) is 0 Å². The average molecular weight is 232 g/mol. The quantitative estimate of drug-likeness (QED) is 0.687. The van der Waals surface area contributed by atoms with Crippen molar-refractivity contribution >= 4 is 0 Å². The van der Waals surface area contributed by atoms with Crippen molar-refractivity contribution in [3.63, 3.8) is 0 Å². The summed E-state index contributed by atoms with van der Waals surface area (Å²) in [7, 11) is 0. The normalized spacial score (nSPS) is 22.8. The summed E-state index contributed by atoms with van der Waals surface area (Å²) in [4.78, 5) is 1.93. The van der Waals surface area contributed by atoms with Crippen LogP contribution in [0.1, 0.15) is 6.42 Å². The topological polar surface area (TPSA) is 12.5 Å². The summed E-state index contributed by atoms with van der Waals surface area (Å²) in [5.74, 6) is 0. The van der Waals surface area contributed by atoms with E-state index < -0.39 is 11.7 Å². The van der Waals surface area contributed by atoms with Gasteiger partial charge in [-0.2, -0.15) is 13.2 Å². The summed E-state index contributed by atoms with van der Waals surface area (Å²) in [5.41, 5.74) is 0.120. The van der Waals surface area contributed by atoms with Crippen molar-refractivity contribution in [2.75, 3.05) is 26.3 Å². The predicted octanol–water partition coefficient (Wildman–Crippen LogP) is 2.30. The first-order valence-electron chi connectivity index (χ1n) is 5.22. The van der Waals surface area contributed by atoms with Crippen molar-refractivity contribution in [3.05, 3.63) is 29.8 Å². The molecule has 2 rings (SSSR count). The molecule has 2 nitrogen and oxygen atoms in total. The molecule has 1 aliphatic heterocycles. The van der Waals surface area contributed by atoms with Gasteiger partial charge in [0.15, 0.2) is 0 Å². The van der Waals surface area contributed by atoms with E-state index in [0.29, 0.717) is 38.4 Å². The van der Waals surface area contributed by atoms with E-state index in [2.05, 4.69) is 0 Å². The van der Waals surface area contributed by atoms with E-state index in [4.69, 9.17) is 4.74 Å². The van der Waals surface area contributed by atoms with Crippen molar-refractivity contribution in [2.45, 2.75) is 12.6 Å². The third-order valence-electron chi connectivity index (χ3n) is 2.67. The lowest BCUT2D eigenvalue weighted by Crippen LogP contribution is -2.36. The maximum absolute atomic E-state index is 12.5. The highest BCUT2D eigenvalue weighted by Crippen LogP contribution is 2.33. The highest BCUT2D eigenvalue weighted by atomic mass is 19.4. The Bertz CT molecular complexity index is 314. The van der Waals surface area contributed by atoms with Crippen LogP contribution in [-0.2, 0) is 4.74 Å². The lowest BCUT2D eigenvalue weighted by atomic mass is 10.0. The van der Waals surface area contributed by atoms with Crippen LogP contribution < -0.4 is 0 Å². The molecule has 0 aromatic heterocycles. The van der Waals surface area contributed by atoms with Crippen LogP contribution >= 0.6 is 0 Å². The van der Waals surface area contributed by atoms with E-state index >= 15 is 0 Å². The van der Waals surface area contributed by atoms with Gasteiger partial charge in [0.2, 0.25) is 0 Å². The molecule has 1 fully saturated rings. The molecule has 0 unspecified atom stereocenters. The number of morpholine rings is 1. The Morgan fingerprint density at radius 3 is 2.50 bits per heavy atom. The van der Waals surface area contributed by atoms with Gasteiger partial charge >= 0.3 is 6.18 Å². The van der Waals surface area contributed by atoms with Crippen LogP contribution in [0.15, 0.2) is 23.4 Å². The first-order valence-corrected chi connectivity index (χ1v) is 5.22. The second kappa shape index (κ2) is 4.49. The highest BCUT2D eigenvalue weighted by molar-refractivity contribution is 5.35. The van der Waals surface area contributed by atoms with Crippen LogP contribution in [0, 0.1) is 6.42 Å². The van der Waals surface area contributed by atoms with Crippen LogP contribution in [-0.4, -0.2) is 37.4 Å². The van der Waals surface area contributed by atoms with E-state index in [1.807, 2.05) is 11.0 Å². The number of ether oxygens (including phenoxy) is 1. The zero-order chi connectivity index (χ0) is 11.6. The molecule has 0 saturated carbocycles. The molecule has 1 saturated heterocycles. The van der Waals surface area contributed by atoms with Crippen molar-refractivity contribution in [3.8, 4) is 0 Å². The summed E-state index contributed by atoms with van der Waals surface area (Å²) in [5, 5.41) is 0. The number of rotatable bonds is 1. The Balaban J connectivity index is 2.10. The molecular weight excluding hydrogens is 219 g/mol. The van der Waals surface area contributed by atoms with Gasteiger partial charge in [0.1, 0.15) is 0 Å². The Morgan fingerprint density at radius 1 is 1.19 bits per heavy atom. The summed E-state index contributed by atoms with van der Waals surface area (Å²) in [6, 6.07) is 0. The largest absolute Gasteiger partial charge is 0.413 e. The summed E-state index contributed by atoms with van der Waals surface area (Å²) in [6.45, 7) is 2.48. The fraction of sp³-hybridized carbons (Fsp3) is 0.545. The molecular formula is C11H13F3NO. The maximum atomic E-state index is 12.5. The number of alkyl halides is 3. The van der Waals surface area contributed by atoms with Gasteiger partial charge in [-0.15, -0.1) is 0 Å². The molecule has 2 aliphatic rings. The highest BCUT2D eigenvalue weighted by Gasteiger charge is 2.34. The molecule has 16 heavy (non-hydrogen) atoms. The van der Waals surface area contributed by atoms with Gasteiger partial charge in [0, 0.05) is 24.4 Å². The van der Waals surface area contributed by atoms with Crippen LogP contribution in [0.2, 0.25) is 0 Å². The third kappa shape index (κ3) is 2.58. The molecule has 5 heteroatoms. The molecule has 1 heterocycles. The zero-order valence-corrected chi connectivity index (χ0v) is 8.76. The molecule has 0 bridgehead atoms. The minimum Gasteiger partial charge on any atom is -0.378 e. The second-order valence-corrected chi connectivity index (χ2v) is 3.77. The molecule has 89 valence electrons. The number of hydrogen-bond acceptors (Lipinski definition) is 2. The molecule has 0 N–H and O–H groups in total. The molecule has 1 aliphatic carbocycles. The molecule has 0 amide bonds. The minimum atomic E-state index is -4.24. The van der Waals surface area contributed by atoms with E-state index in [9.17, 15) is 13.2 Å². The Kier molecular flexibility index (Phi) is 3.23. The fourth-order valence-corrected chi connectivity index (χ4v) is 1.82. The van der Waals surface area contributed by atoms with Gasteiger partial charge in [-0.1, -0.05) is 6.08 Å². The number of nitrogens with zero attached hydrogens (tertiary/aromatic N) is 1. The van der Waals surface area contributed by atoms with Crippen LogP contribution in [0.5, 0.6) is 0 Å². The minimum absolute atomic E-state index is 0.345. The van der Waals surface area contributed by atoms with Gasteiger partial charge < -0.3 is 9.64 Å². The van der Waals surface area contributed by atoms with Crippen LogP contribution in [0.3, 0.4) is 0 Å². The third-order valence-corrected chi connectivity index (χ3v) is 2.67. The smallest absolute Gasteiger partial charge is 0.378 e. The van der Waals surface area contributed by atoms with Gasteiger partial charge in [-0.05, 0) is 18.9 Å². The number of halogens is 3. The van der Waals surface area contributed by atoms with Gasteiger partial charge in [-0.3, -0.25) is 0 Å². The lowest BCUT2D eigenvalue weighted by molar-refractivity contribution is -0.0903. The molecule has 0 atom stereocenters. The van der Waals surface area contributed by atoms with Gasteiger partial charge in [0.25, 0.3) is 0 Å². The van der Waals surface area contributed by atoms with Crippen molar-refractivity contribution < 1.29 is 17.9 Å². The molecule has 0 aromatic carbocycles. The van der Waals surface area contributed by atoms with E-state index in [1.165, 1.54) is 12.5 Å². The molecule has 0 aromatic rings. The Morgan fingerprint density at radius 2 is 1.88 bits per heavy atom. The lowest BCUT2D eigenvalue weighted by Gasteiger charge is -2.31. The Labute approximate surface area is 92.4 Å². The van der Waals surface area contributed by atoms with Crippen LogP contribution in [0.25, 0.3) is 0 Å². The standard InChI is InChI=1S/C11H13F3NO/c12-11(13,14)9-2-1-3-10(8-9)15-4-6-16-7-5-15/h2-3,8H,1,4-7H2. The Hall–Kier alpha value is -0.970. The zero-order valence-electron chi connectivity index (χ0n) is 8.76. The summed E-state index contributed by atoms with van der Waals surface area (Å²) >= 11 is 0. The summed E-state index contributed by atoms with van der Waals surface area (Å²) in [6.07, 6.45) is 0.350.